The lowest BCUT2D eigenvalue weighted by Gasteiger charge is -2.56. The minimum absolute atomic E-state index is 0.0248. The maximum atomic E-state index is 12.8. The number of rotatable bonds is 5. The van der Waals surface area contributed by atoms with E-state index >= 15 is 0 Å². The van der Waals surface area contributed by atoms with Crippen LogP contribution in [0.1, 0.15) is 50.1 Å². The molecular formula is C21H31N3O2S. The fourth-order valence-corrected chi connectivity index (χ4v) is 7.48. The van der Waals surface area contributed by atoms with Crippen molar-refractivity contribution < 1.29 is 9.21 Å². The zero-order valence-corrected chi connectivity index (χ0v) is 16.8. The molecule has 1 aromatic rings. The summed E-state index contributed by atoms with van der Waals surface area (Å²) < 4.78 is 5.32. The van der Waals surface area contributed by atoms with E-state index in [1.807, 2.05) is 24.1 Å². The van der Waals surface area contributed by atoms with Gasteiger partial charge >= 0.3 is 6.03 Å². The summed E-state index contributed by atoms with van der Waals surface area (Å²) in [5.41, 5.74) is 1.24. The van der Waals surface area contributed by atoms with Crippen molar-refractivity contribution in [3.05, 3.63) is 24.2 Å². The molecule has 6 rings (SSSR count). The van der Waals surface area contributed by atoms with Crippen LogP contribution in [-0.4, -0.2) is 47.6 Å². The topological polar surface area (TPSA) is 57.5 Å². The van der Waals surface area contributed by atoms with E-state index < -0.39 is 0 Å². The average Bonchev–Trinajstić information content (AvgIpc) is 3.15. The molecule has 2 heterocycles. The standard InChI is InChI=1S/C21H31N3O2S/c25-20(23-21-10-15-7-16(11-21)9-17(8-15)12-21)22-13-19(18-1-4-26-14-18)24-2-5-27-6-3-24/h1,4,14-17,19H,2-3,5-13H2,(H2,22,23,25). The maximum absolute atomic E-state index is 12.8. The first-order valence-corrected chi connectivity index (χ1v) is 11.7. The molecule has 4 aliphatic carbocycles. The van der Waals surface area contributed by atoms with Crippen LogP contribution in [0.2, 0.25) is 0 Å². The molecular weight excluding hydrogens is 358 g/mol. The molecule has 1 unspecified atom stereocenters. The molecule has 0 aromatic carbocycles. The monoisotopic (exact) mass is 389 g/mol. The third-order valence-corrected chi connectivity index (χ3v) is 8.23. The lowest BCUT2D eigenvalue weighted by molar-refractivity contribution is -0.0136. The van der Waals surface area contributed by atoms with Crippen molar-refractivity contribution in [2.75, 3.05) is 31.1 Å². The van der Waals surface area contributed by atoms with Crippen molar-refractivity contribution in [2.45, 2.75) is 50.1 Å². The molecule has 0 spiro atoms. The highest BCUT2D eigenvalue weighted by Crippen LogP contribution is 2.55. The highest BCUT2D eigenvalue weighted by molar-refractivity contribution is 7.99. The molecule has 6 heteroatoms. The van der Waals surface area contributed by atoms with Crippen LogP contribution in [0.5, 0.6) is 0 Å². The fourth-order valence-electron chi connectivity index (χ4n) is 6.55. The predicted octanol–water partition coefficient (Wildman–Crippen LogP) is 3.64. The normalized spacial score (nSPS) is 36.5. The van der Waals surface area contributed by atoms with Crippen LogP contribution in [-0.2, 0) is 0 Å². The first-order chi connectivity index (χ1) is 13.2. The number of urea groups is 1. The highest BCUT2D eigenvalue weighted by atomic mass is 32.2. The van der Waals surface area contributed by atoms with Gasteiger partial charge in [-0.1, -0.05) is 0 Å². The number of nitrogens with zero attached hydrogens (tertiary/aromatic N) is 1. The summed E-state index contributed by atoms with van der Waals surface area (Å²) in [5, 5.41) is 6.64. The number of thioether (sulfide) groups is 1. The van der Waals surface area contributed by atoms with E-state index in [9.17, 15) is 4.79 Å². The van der Waals surface area contributed by atoms with Crippen molar-refractivity contribution in [3.8, 4) is 0 Å². The quantitative estimate of drug-likeness (QED) is 0.807. The van der Waals surface area contributed by atoms with Gasteiger partial charge in [0.2, 0.25) is 0 Å². The zero-order chi connectivity index (χ0) is 18.3. The average molecular weight is 390 g/mol. The molecule has 0 radical (unpaired) electrons. The van der Waals surface area contributed by atoms with Crippen LogP contribution in [0.15, 0.2) is 23.0 Å². The molecule has 4 bridgehead atoms. The van der Waals surface area contributed by atoms with E-state index in [4.69, 9.17) is 4.42 Å². The van der Waals surface area contributed by atoms with Gasteiger partial charge in [0.15, 0.2) is 0 Å². The third kappa shape index (κ3) is 3.75. The first kappa shape index (κ1) is 17.9. The van der Waals surface area contributed by atoms with Gasteiger partial charge in [-0.05, 0) is 62.3 Å². The number of amides is 2. The summed E-state index contributed by atoms with van der Waals surface area (Å²) in [6.45, 7) is 2.78. The Morgan fingerprint density at radius 2 is 1.85 bits per heavy atom. The van der Waals surface area contributed by atoms with Gasteiger partial charge in [-0.3, -0.25) is 4.90 Å². The van der Waals surface area contributed by atoms with Crippen LogP contribution in [0, 0.1) is 17.8 Å². The van der Waals surface area contributed by atoms with Crippen LogP contribution in [0.25, 0.3) is 0 Å². The fraction of sp³-hybridized carbons (Fsp3) is 0.762. The molecule has 5 nitrogen and oxygen atoms in total. The second kappa shape index (κ2) is 7.36. The minimum Gasteiger partial charge on any atom is -0.472 e. The summed E-state index contributed by atoms with van der Waals surface area (Å²) in [4.78, 5) is 15.3. The number of furan rings is 1. The van der Waals surface area contributed by atoms with Gasteiger partial charge in [0.1, 0.15) is 0 Å². The number of hydrogen-bond donors (Lipinski definition) is 2. The Kier molecular flexibility index (Phi) is 4.88. The smallest absolute Gasteiger partial charge is 0.315 e. The Morgan fingerprint density at radius 3 is 2.44 bits per heavy atom. The van der Waals surface area contributed by atoms with Gasteiger partial charge < -0.3 is 15.1 Å². The molecule has 2 N–H and O–H groups in total. The number of hydrogen-bond acceptors (Lipinski definition) is 4. The number of nitrogens with one attached hydrogen (secondary N) is 2. The molecule has 1 atom stereocenters. The van der Waals surface area contributed by atoms with Gasteiger partial charge in [-0.2, -0.15) is 11.8 Å². The van der Waals surface area contributed by atoms with Crippen molar-refractivity contribution in [2.24, 2.45) is 17.8 Å². The Balaban J connectivity index is 1.21. The first-order valence-electron chi connectivity index (χ1n) is 10.6. The Morgan fingerprint density at radius 1 is 1.19 bits per heavy atom. The summed E-state index contributed by atoms with van der Waals surface area (Å²) >= 11 is 2.01. The van der Waals surface area contributed by atoms with Crippen molar-refractivity contribution in [1.29, 1.82) is 0 Å². The number of carbonyl (C=O) groups is 1. The molecule has 5 aliphatic rings. The lowest BCUT2D eigenvalue weighted by atomic mass is 9.53. The van der Waals surface area contributed by atoms with Crippen LogP contribution >= 0.6 is 11.8 Å². The minimum atomic E-state index is 0.0248. The Labute approximate surface area is 166 Å². The third-order valence-electron chi connectivity index (χ3n) is 7.29. The second-order valence-corrected chi connectivity index (χ2v) is 10.5. The van der Waals surface area contributed by atoms with Crippen LogP contribution in [0.3, 0.4) is 0 Å². The van der Waals surface area contributed by atoms with Gasteiger partial charge in [0, 0.05) is 42.2 Å². The SMILES string of the molecule is O=C(NCC(c1ccoc1)N1CCSCC1)NC12CC3CC(CC(C3)C1)C2. The zero-order valence-electron chi connectivity index (χ0n) is 16.0. The molecule has 1 aliphatic heterocycles. The van der Waals surface area contributed by atoms with Gasteiger partial charge in [-0.15, -0.1) is 0 Å². The van der Waals surface area contributed by atoms with Gasteiger partial charge in [0.25, 0.3) is 0 Å². The van der Waals surface area contributed by atoms with Gasteiger partial charge in [0.05, 0.1) is 18.6 Å². The van der Waals surface area contributed by atoms with Crippen LogP contribution in [0.4, 0.5) is 4.79 Å². The van der Waals surface area contributed by atoms with Crippen molar-refractivity contribution in [3.63, 3.8) is 0 Å². The summed E-state index contributed by atoms with van der Waals surface area (Å²) in [6, 6.07) is 2.26. The van der Waals surface area contributed by atoms with Crippen LogP contribution < -0.4 is 10.6 Å². The molecule has 4 saturated carbocycles. The molecule has 2 amide bonds. The summed E-state index contributed by atoms with van der Waals surface area (Å²) in [5.74, 6) is 4.87. The molecule has 1 saturated heterocycles. The lowest BCUT2D eigenvalue weighted by Crippen LogP contribution is -2.61. The molecule has 1 aromatic heterocycles. The molecule has 5 fully saturated rings. The van der Waals surface area contributed by atoms with E-state index in [-0.39, 0.29) is 17.6 Å². The van der Waals surface area contributed by atoms with E-state index in [0.717, 1.165) is 47.9 Å². The number of carbonyl (C=O) groups excluding carboxylic acids is 1. The van der Waals surface area contributed by atoms with Gasteiger partial charge in [-0.25, -0.2) is 4.79 Å². The van der Waals surface area contributed by atoms with E-state index in [0.29, 0.717) is 6.54 Å². The van der Waals surface area contributed by atoms with E-state index in [1.54, 1.807) is 6.26 Å². The van der Waals surface area contributed by atoms with Crippen molar-refractivity contribution >= 4 is 17.8 Å². The highest BCUT2D eigenvalue weighted by Gasteiger charge is 2.51. The van der Waals surface area contributed by atoms with E-state index in [2.05, 4.69) is 15.5 Å². The summed E-state index contributed by atoms with van der Waals surface area (Å²) in [6.07, 6.45) is 11.3. The second-order valence-electron chi connectivity index (χ2n) is 9.25. The maximum Gasteiger partial charge on any atom is 0.315 e. The van der Waals surface area contributed by atoms with E-state index in [1.165, 1.54) is 38.5 Å². The molecule has 148 valence electrons. The Bertz CT molecular complexity index is 621. The summed E-state index contributed by atoms with van der Waals surface area (Å²) in [7, 11) is 0. The predicted molar refractivity (Wildman–Crippen MR) is 108 cm³/mol. The largest absolute Gasteiger partial charge is 0.472 e. The Hall–Kier alpha value is -1.14. The van der Waals surface area contributed by atoms with Crippen molar-refractivity contribution in [1.82, 2.24) is 15.5 Å². The molecule has 27 heavy (non-hydrogen) atoms.